The molecular weight excluding hydrogens is 381 g/mol. The van der Waals surface area contributed by atoms with Gasteiger partial charge in [0.15, 0.2) is 0 Å². The maximum Gasteiger partial charge on any atom is 0.315 e. The van der Waals surface area contributed by atoms with Gasteiger partial charge in [-0.15, -0.1) is 0 Å². The summed E-state index contributed by atoms with van der Waals surface area (Å²) in [6.07, 6.45) is 6.89. The summed E-state index contributed by atoms with van der Waals surface area (Å²) in [5, 5.41) is 5.87. The molecule has 0 unspecified atom stereocenters. The first-order valence-electron chi connectivity index (χ1n) is 10.4. The van der Waals surface area contributed by atoms with Crippen LogP contribution in [0.25, 0.3) is 11.5 Å². The Morgan fingerprint density at radius 3 is 2.70 bits per heavy atom. The lowest BCUT2D eigenvalue weighted by Crippen LogP contribution is -2.38. The highest BCUT2D eigenvalue weighted by Gasteiger charge is 2.14. The van der Waals surface area contributed by atoms with Gasteiger partial charge in [0, 0.05) is 18.5 Å². The van der Waals surface area contributed by atoms with Crippen molar-refractivity contribution in [2.45, 2.75) is 45.1 Å². The molecule has 156 valence electrons. The summed E-state index contributed by atoms with van der Waals surface area (Å²) >= 11 is 0. The third-order valence-corrected chi connectivity index (χ3v) is 5.53. The SMILES string of the molecule is C[C@@H](NC(=O)NCCc1coc(-c2ccc(F)cc2)n1)c1ccc2c(c1)CCCC2. The number of urea groups is 1. The predicted octanol–water partition coefficient (Wildman–Crippen LogP) is 4.96. The molecule has 30 heavy (non-hydrogen) atoms. The minimum Gasteiger partial charge on any atom is -0.444 e. The van der Waals surface area contributed by atoms with Crippen LogP contribution >= 0.6 is 0 Å². The molecule has 1 aromatic heterocycles. The van der Waals surface area contributed by atoms with E-state index in [0.29, 0.717) is 24.4 Å². The fourth-order valence-electron chi connectivity index (χ4n) is 3.80. The quantitative estimate of drug-likeness (QED) is 0.607. The first-order valence-corrected chi connectivity index (χ1v) is 10.4. The zero-order chi connectivity index (χ0) is 20.9. The molecule has 5 nitrogen and oxygen atoms in total. The van der Waals surface area contributed by atoms with Gasteiger partial charge in [0.1, 0.15) is 12.1 Å². The largest absolute Gasteiger partial charge is 0.444 e. The van der Waals surface area contributed by atoms with Gasteiger partial charge in [-0.2, -0.15) is 0 Å². The van der Waals surface area contributed by atoms with E-state index in [1.807, 2.05) is 6.92 Å². The molecular formula is C24H26FN3O2. The number of fused-ring (bicyclic) bond motifs is 1. The second-order valence-corrected chi connectivity index (χ2v) is 7.76. The topological polar surface area (TPSA) is 67.2 Å². The number of carbonyl (C=O) groups excluding carboxylic acids is 1. The number of carbonyl (C=O) groups is 1. The van der Waals surface area contributed by atoms with Crippen molar-refractivity contribution in [3.05, 3.63) is 76.9 Å². The standard InChI is InChI=1S/C24H26FN3O2/c1-16(19-7-6-17-4-2-3-5-20(17)14-19)27-24(29)26-13-12-22-15-30-23(28-22)18-8-10-21(25)11-9-18/h6-11,14-16H,2-5,12-13H2,1H3,(H2,26,27,29)/t16-/m1/s1. The second-order valence-electron chi connectivity index (χ2n) is 7.76. The van der Waals surface area contributed by atoms with E-state index in [9.17, 15) is 9.18 Å². The molecule has 2 amide bonds. The van der Waals surface area contributed by atoms with Crippen LogP contribution in [0.3, 0.4) is 0 Å². The average molecular weight is 407 g/mol. The van der Waals surface area contributed by atoms with Crippen LogP contribution < -0.4 is 10.6 Å². The first-order chi connectivity index (χ1) is 14.6. The van der Waals surface area contributed by atoms with E-state index < -0.39 is 0 Å². The Morgan fingerprint density at radius 2 is 1.90 bits per heavy atom. The molecule has 0 radical (unpaired) electrons. The third-order valence-electron chi connectivity index (χ3n) is 5.53. The zero-order valence-corrected chi connectivity index (χ0v) is 17.1. The fraction of sp³-hybridized carbons (Fsp3) is 0.333. The van der Waals surface area contributed by atoms with Crippen molar-refractivity contribution < 1.29 is 13.6 Å². The van der Waals surface area contributed by atoms with Gasteiger partial charge in [-0.25, -0.2) is 14.2 Å². The summed E-state index contributed by atoms with van der Waals surface area (Å²) in [4.78, 5) is 16.7. The summed E-state index contributed by atoms with van der Waals surface area (Å²) < 4.78 is 18.5. The molecule has 0 fully saturated rings. The zero-order valence-electron chi connectivity index (χ0n) is 17.1. The van der Waals surface area contributed by atoms with Crippen LogP contribution in [0.4, 0.5) is 9.18 Å². The van der Waals surface area contributed by atoms with Crippen molar-refractivity contribution in [2.75, 3.05) is 6.54 Å². The molecule has 0 spiro atoms. The Balaban J connectivity index is 1.25. The van der Waals surface area contributed by atoms with Crippen LogP contribution in [0.2, 0.25) is 0 Å². The lowest BCUT2D eigenvalue weighted by atomic mass is 9.89. The third kappa shape index (κ3) is 4.87. The molecule has 1 atom stereocenters. The summed E-state index contributed by atoms with van der Waals surface area (Å²) in [7, 11) is 0. The summed E-state index contributed by atoms with van der Waals surface area (Å²) in [5.74, 6) is 0.140. The highest BCUT2D eigenvalue weighted by atomic mass is 19.1. The van der Waals surface area contributed by atoms with Crippen molar-refractivity contribution >= 4 is 6.03 Å². The Labute approximate surface area is 175 Å². The minimum atomic E-state index is -0.301. The van der Waals surface area contributed by atoms with Gasteiger partial charge in [-0.1, -0.05) is 18.2 Å². The Bertz CT molecular complexity index is 1010. The fourth-order valence-corrected chi connectivity index (χ4v) is 3.80. The number of amides is 2. The van der Waals surface area contributed by atoms with Crippen molar-refractivity contribution in [1.82, 2.24) is 15.6 Å². The smallest absolute Gasteiger partial charge is 0.315 e. The lowest BCUT2D eigenvalue weighted by molar-refractivity contribution is 0.238. The molecule has 2 N–H and O–H groups in total. The second kappa shape index (κ2) is 9.11. The van der Waals surface area contributed by atoms with Crippen LogP contribution in [0.15, 0.2) is 53.1 Å². The Kier molecular flexibility index (Phi) is 6.12. The number of hydrogen-bond donors (Lipinski definition) is 2. The number of halogens is 1. The minimum absolute atomic E-state index is 0.0608. The number of hydrogen-bond acceptors (Lipinski definition) is 3. The molecule has 0 saturated carbocycles. The van der Waals surface area contributed by atoms with Crippen LogP contribution in [0.1, 0.15) is 48.2 Å². The molecule has 3 aromatic rings. The van der Waals surface area contributed by atoms with Crippen molar-refractivity contribution in [3.63, 3.8) is 0 Å². The van der Waals surface area contributed by atoms with E-state index in [1.54, 1.807) is 18.4 Å². The number of aryl methyl sites for hydroxylation is 2. The summed E-state index contributed by atoms with van der Waals surface area (Å²) in [5.41, 5.74) is 5.43. The normalized spacial score (nSPS) is 14.1. The van der Waals surface area contributed by atoms with E-state index in [1.165, 1.54) is 36.1 Å². The van der Waals surface area contributed by atoms with Crippen LogP contribution in [-0.2, 0) is 19.3 Å². The molecule has 6 heteroatoms. The van der Waals surface area contributed by atoms with Gasteiger partial charge < -0.3 is 15.1 Å². The monoisotopic (exact) mass is 407 g/mol. The highest BCUT2D eigenvalue weighted by Crippen LogP contribution is 2.24. The molecule has 4 rings (SSSR count). The molecule has 0 saturated heterocycles. The summed E-state index contributed by atoms with van der Waals surface area (Å²) in [6.45, 7) is 2.44. The maximum atomic E-state index is 13.0. The Morgan fingerprint density at radius 1 is 1.13 bits per heavy atom. The van der Waals surface area contributed by atoms with Crippen LogP contribution in [0.5, 0.6) is 0 Å². The van der Waals surface area contributed by atoms with Gasteiger partial charge in [-0.05, 0) is 73.6 Å². The highest BCUT2D eigenvalue weighted by molar-refractivity contribution is 5.74. The molecule has 0 bridgehead atoms. The molecule has 1 heterocycles. The number of nitrogens with zero attached hydrogens (tertiary/aromatic N) is 1. The van der Waals surface area contributed by atoms with Crippen LogP contribution in [0, 0.1) is 5.82 Å². The van der Waals surface area contributed by atoms with E-state index in [2.05, 4.69) is 33.8 Å². The van der Waals surface area contributed by atoms with Crippen molar-refractivity contribution in [3.8, 4) is 11.5 Å². The lowest BCUT2D eigenvalue weighted by Gasteiger charge is -2.20. The molecule has 1 aliphatic rings. The number of nitrogens with one attached hydrogen (secondary N) is 2. The van der Waals surface area contributed by atoms with Crippen molar-refractivity contribution in [1.29, 1.82) is 0 Å². The van der Waals surface area contributed by atoms with Crippen molar-refractivity contribution in [2.24, 2.45) is 0 Å². The van der Waals surface area contributed by atoms with E-state index in [4.69, 9.17) is 4.42 Å². The average Bonchev–Trinajstić information content (AvgIpc) is 3.22. The molecule has 1 aliphatic carbocycles. The number of aromatic nitrogens is 1. The summed E-state index contributed by atoms with van der Waals surface area (Å²) in [6, 6.07) is 12.3. The van der Waals surface area contributed by atoms with Crippen LogP contribution in [-0.4, -0.2) is 17.6 Å². The Hall–Kier alpha value is -3.15. The van der Waals surface area contributed by atoms with Gasteiger partial charge in [0.25, 0.3) is 0 Å². The van der Waals surface area contributed by atoms with E-state index in [-0.39, 0.29) is 17.9 Å². The van der Waals surface area contributed by atoms with E-state index in [0.717, 1.165) is 24.1 Å². The molecule has 0 aliphatic heterocycles. The van der Waals surface area contributed by atoms with E-state index >= 15 is 0 Å². The first kappa shape index (κ1) is 20.1. The van der Waals surface area contributed by atoms with Gasteiger partial charge in [0.2, 0.25) is 5.89 Å². The number of rotatable bonds is 6. The number of benzene rings is 2. The van der Waals surface area contributed by atoms with Gasteiger partial charge >= 0.3 is 6.03 Å². The van der Waals surface area contributed by atoms with Gasteiger partial charge in [-0.3, -0.25) is 0 Å². The number of oxazole rings is 1. The maximum absolute atomic E-state index is 13.0. The van der Waals surface area contributed by atoms with Gasteiger partial charge in [0.05, 0.1) is 11.7 Å². The predicted molar refractivity (Wildman–Crippen MR) is 114 cm³/mol. The molecule has 2 aromatic carbocycles.